The summed E-state index contributed by atoms with van der Waals surface area (Å²) in [4.78, 5) is 0. The summed E-state index contributed by atoms with van der Waals surface area (Å²) in [6, 6.07) is 16.5. The zero-order valence-electron chi connectivity index (χ0n) is 18.2. The lowest BCUT2D eigenvalue weighted by Gasteiger charge is -2.19. The molecule has 3 rings (SSSR count). The summed E-state index contributed by atoms with van der Waals surface area (Å²) >= 11 is 5.28. The Morgan fingerprint density at radius 2 is 1.80 bits per heavy atom. The first-order valence-corrected chi connectivity index (χ1v) is 10.8. The van der Waals surface area contributed by atoms with Gasteiger partial charge in [0.25, 0.3) is 0 Å². The maximum atomic E-state index is 5.92. The van der Waals surface area contributed by atoms with Crippen LogP contribution in [-0.2, 0) is 18.4 Å². The van der Waals surface area contributed by atoms with Crippen LogP contribution in [0.25, 0.3) is 0 Å². The third-order valence-corrected chi connectivity index (χ3v) is 5.16. The molecular weight excluding hydrogens is 392 g/mol. The second-order valence-electron chi connectivity index (χ2n) is 8.41. The molecule has 5 nitrogen and oxygen atoms in total. The molecule has 1 N–H and O–H groups in total. The van der Waals surface area contributed by atoms with Crippen molar-refractivity contribution in [2.24, 2.45) is 5.10 Å². The number of aryl methyl sites for hydroxylation is 1. The van der Waals surface area contributed by atoms with Crippen molar-refractivity contribution in [1.29, 1.82) is 0 Å². The van der Waals surface area contributed by atoms with E-state index in [-0.39, 0.29) is 5.41 Å². The van der Waals surface area contributed by atoms with E-state index >= 15 is 0 Å². The predicted molar refractivity (Wildman–Crippen MR) is 125 cm³/mol. The molecule has 0 aliphatic heterocycles. The maximum absolute atomic E-state index is 5.92. The van der Waals surface area contributed by atoms with Crippen molar-refractivity contribution in [2.45, 2.75) is 59.0 Å². The summed E-state index contributed by atoms with van der Waals surface area (Å²) < 4.78 is 8.12. The fraction of sp³-hybridized carbons (Fsp3) is 0.375. The van der Waals surface area contributed by atoms with Crippen molar-refractivity contribution >= 4 is 18.4 Å². The number of hydrogen-bond acceptors (Lipinski definition) is 4. The second-order valence-corrected chi connectivity index (χ2v) is 8.80. The van der Waals surface area contributed by atoms with Crippen LogP contribution < -0.4 is 4.74 Å². The Balaban J connectivity index is 1.60. The lowest BCUT2D eigenvalue weighted by atomic mass is 9.87. The molecule has 1 heterocycles. The molecule has 0 saturated carbocycles. The third-order valence-electron chi connectivity index (χ3n) is 4.90. The smallest absolute Gasteiger partial charge is 0.216 e. The molecule has 2 aromatic carbocycles. The van der Waals surface area contributed by atoms with Crippen molar-refractivity contribution in [3.63, 3.8) is 0 Å². The molecule has 0 bridgehead atoms. The van der Waals surface area contributed by atoms with E-state index in [1.807, 2.05) is 24.3 Å². The number of ether oxygens (including phenoxy) is 1. The molecule has 1 aromatic heterocycles. The van der Waals surface area contributed by atoms with E-state index in [4.69, 9.17) is 17.0 Å². The molecule has 0 amide bonds. The van der Waals surface area contributed by atoms with Gasteiger partial charge < -0.3 is 4.74 Å². The minimum Gasteiger partial charge on any atom is -0.489 e. The number of rotatable bonds is 8. The lowest BCUT2D eigenvalue weighted by Crippen LogP contribution is -2.10. The van der Waals surface area contributed by atoms with Crippen LogP contribution in [0.15, 0.2) is 53.6 Å². The summed E-state index contributed by atoms with van der Waals surface area (Å²) in [5.41, 5.74) is 3.61. The Morgan fingerprint density at radius 1 is 1.10 bits per heavy atom. The number of benzene rings is 2. The van der Waals surface area contributed by atoms with Crippen LogP contribution in [0, 0.1) is 4.77 Å². The predicted octanol–water partition coefficient (Wildman–Crippen LogP) is 6.04. The van der Waals surface area contributed by atoms with Gasteiger partial charge in [-0.1, -0.05) is 58.4 Å². The van der Waals surface area contributed by atoms with Gasteiger partial charge in [-0.05, 0) is 65.0 Å². The van der Waals surface area contributed by atoms with Gasteiger partial charge in [0.15, 0.2) is 5.82 Å². The molecule has 3 aromatic rings. The van der Waals surface area contributed by atoms with Crippen LogP contribution in [0.2, 0.25) is 0 Å². The molecule has 0 unspecified atom stereocenters. The van der Waals surface area contributed by atoms with Gasteiger partial charge in [-0.2, -0.15) is 14.9 Å². The topological polar surface area (TPSA) is 55.2 Å². The second kappa shape index (κ2) is 9.85. The first-order valence-electron chi connectivity index (χ1n) is 10.4. The van der Waals surface area contributed by atoms with E-state index in [2.05, 4.69) is 67.3 Å². The number of nitrogens with one attached hydrogen (secondary N) is 1. The zero-order valence-corrected chi connectivity index (χ0v) is 19.0. The molecule has 0 radical (unpaired) electrons. The fourth-order valence-electron chi connectivity index (χ4n) is 2.98. The van der Waals surface area contributed by atoms with Gasteiger partial charge in [0.05, 0.1) is 6.21 Å². The van der Waals surface area contributed by atoms with Crippen LogP contribution in [0.5, 0.6) is 5.75 Å². The first kappa shape index (κ1) is 22.0. The number of nitrogens with zero attached hydrogens (tertiary/aromatic N) is 3. The quantitative estimate of drug-likeness (QED) is 0.355. The maximum Gasteiger partial charge on any atom is 0.216 e. The van der Waals surface area contributed by atoms with E-state index in [0.29, 0.717) is 11.4 Å². The highest BCUT2D eigenvalue weighted by molar-refractivity contribution is 7.71. The van der Waals surface area contributed by atoms with E-state index in [9.17, 15) is 0 Å². The summed E-state index contributed by atoms with van der Waals surface area (Å²) in [5.74, 6) is 1.69. The summed E-state index contributed by atoms with van der Waals surface area (Å²) in [5, 5.41) is 11.6. The summed E-state index contributed by atoms with van der Waals surface area (Å²) in [6.45, 7) is 9.35. The Kier molecular flexibility index (Phi) is 7.21. The van der Waals surface area contributed by atoms with Crippen LogP contribution >= 0.6 is 12.2 Å². The largest absolute Gasteiger partial charge is 0.489 e. The standard InChI is InChI=1S/C24H30N4OS/c1-5-6-7-22-26-27-23(30)28(22)25-16-18-10-14-21(15-11-18)29-17-19-8-12-20(13-9-19)24(2,3)4/h8-16H,5-7,17H2,1-4H3,(H,27,30)/b25-16+. The van der Waals surface area contributed by atoms with E-state index < -0.39 is 0 Å². The lowest BCUT2D eigenvalue weighted by molar-refractivity contribution is 0.306. The van der Waals surface area contributed by atoms with Crippen LogP contribution in [0.3, 0.4) is 0 Å². The van der Waals surface area contributed by atoms with Crippen LogP contribution in [0.4, 0.5) is 0 Å². The van der Waals surface area contributed by atoms with Crippen molar-refractivity contribution in [1.82, 2.24) is 14.9 Å². The molecular formula is C24H30N4OS. The Hall–Kier alpha value is -2.73. The van der Waals surface area contributed by atoms with Crippen molar-refractivity contribution in [3.05, 3.63) is 75.8 Å². The van der Waals surface area contributed by atoms with Crippen molar-refractivity contribution < 1.29 is 4.74 Å². The van der Waals surface area contributed by atoms with Gasteiger partial charge in [0.1, 0.15) is 12.4 Å². The molecule has 158 valence electrons. The van der Waals surface area contributed by atoms with Gasteiger partial charge in [0.2, 0.25) is 4.77 Å². The van der Waals surface area contributed by atoms with Gasteiger partial charge in [-0.3, -0.25) is 5.10 Å². The normalized spacial score (nSPS) is 11.9. The molecule has 0 saturated heterocycles. The van der Waals surface area contributed by atoms with Crippen LogP contribution in [-0.4, -0.2) is 21.1 Å². The van der Waals surface area contributed by atoms with Crippen molar-refractivity contribution in [2.75, 3.05) is 0 Å². The minimum absolute atomic E-state index is 0.161. The summed E-state index contributed by atoms with van der Waals surface area (Å²) in [6.07, 6.45) is 4.80. The highest BCUT2D eigenvalue weighted by Gasteiger charge is 2.12. The van der Waals surface area contributed by atoms with Gasteiger partial charge in [-0.15, -0.1) is 0 Å². The Labute approximate surface area is 183 Å². The molecule has 0 aliphatic rings. The third kappa shape index (κ3) is 5.89. The molecule has 0 fully saturated rings. The summed E-state index contributed by atoms with van der Waals surface area (Å²) in [7, 11) is 0. The average Bonchev–Trinajstić information content (AvgIpc) is 3.09. The highest BCUT2D eigenvalue weighted by Crippen LogP contribution is 2.22. The number of H-pyrrole nitrogens is 1. The van der Waals surface area contributed by atoms with E-state index in [1.165, 1.54) is 5.56 Å². The van der Waals surface area contributed by atoms with Crippen molar-refractivity contribution in [3.8, 4) is 5.75 Å². The highest BCUT2D eigenvalue weighted by atomic mass is 32.1. The molecule has 0 atom stereocenters. The Bertz CT molecular complexity index is 1020. The zero-order chi connectivity index (χ0) is 21.6. The van der Waals surface area contributed by atoms with Gasteiger partial charge in [-0.25, -0.2) is 0 Å². The van der Waals surface area contributed by atoms with E-state index in [0.717, 1.165) is 42.0 Å². The molecule has 0 spiro atoms. The number of aromatic amines is 1. The van der Waals surface area contributed by atoms with Gasteiger partial charge >= 0.3 is 0 Å². The minimum atomic E-state index is 0.161. The number of unbranched alkanes of at least 4 members (excludes halogenated alkanes) is 1. The number of hydrogen-bond donors (Lipinski definition) is 1. The van der Waals surface area contributed by atoms with E-state index in [1.54, 1.807) is 10.9 Å². The SMILES string of the molecule is CCCCc1n[nH]c(=S)n1/N=C/c1ccc(OCc2ccc(C(C)(C)C)cc2)cc1. The van der Waals surface area contributed by atoms with Gasteiger partial charge in [0, 0.05) is 6.42 Å². The average molecular weight is 423 g/mol. The van der Waals surface area contributed by atoms with Crippen LogP contribution in [0.1, 0.15) is 63.1 Å². The molecule has 6 heteroatoms. The first-order chi connectivity index (χ1) is 14.4. The monoisotopic (exact) mass is 422 g/mol. The molecule has 0 aliphatic carbocycles. The fourth-order valence-corrected chi connectivity index (χ4v) is 3.18. The molecule has 30 heavy (non-hydrogen) atoms. The number of aromatic nitrogens is 3. The Morgan fingerprint density at radius 3 is 2.43 bits per heavy atom.